The topological polar surface area (TPSA) is 25.8 Å². The van der Waals surface area contributed by atoms with Crippen molar-refractivity contribution in [3.63, 3.8) is 0 Å². The van der Waals surface area contributed by atoms with Crippen LogP contribution in [0.25, 0.3) is 65.6 Å². The zero-order chi connectivity index (χ0) is 22.5. The molecule has 0 radical (unpaired) electrons. The number of benzene rings is 5. The van der Waals surface area contributed by atoms with Gasteiger partial charge in [-0.15, -0.1) is 0 Å². The monoisotopic (exact) mass is 432 g/mol. The molecule has 0 spiro atoms. The average molecular weight is 433 g/mol. The van der Waals surface area contributed by atoms with Crippen molar-refractivity contribution in [1.29, 1.82) is 0 Å². The van der Waals surface area contributed by atoms with E-state index in [9.17, 15) is 0 Å². The summed E-state index contributed by atoms with van der Waals surface area (Å²) in [7, 11) is 0. The van der Waals surface area contributed by atoms with E-state index in [1.807, 2.05) is 24.5 Å². The van der Waals surface area contributed by atoms with Crippen molar-refractivity contribution in [2.75, 3.05) is 0 Å². The molecule has 7 rings (SSSR count). The molecule has 0 fully saturated rings. The highest BCUT2D eigenvalue weighted by atomic mass is 14.7. The first kappa shape index (κ1) is 19.0. The Morgan fingerprint density at radius 3 is 1.26 bits per heavy atom. The minimum atomic E-state index is 1.00. The zero-order valence-electron chi connectivity index (χ0n) is 18.4. The van der Waals surface area contributed by atoms with E-state index in [1.54, 1.807) is 0 Å². The molecule has 0 aliphatic heterocycles. The van der Waals surface area contributed by atoms with Gasteiger partial charge in [-0.2, -0.15) is 0 Å². The lowest BCUT2D eigenvalue weighted by Crippen LogP contribution is -1.95. The summed E-state index contributed by atoms with van der Waals surface area (Å²) in [4.78, 5) is 9.91. The van der Waals surface area contributed by atoms with Gasteiger partial charge in [0.2, 0.25) is 0 Å². The lowest BCUT2D eigenvalue weighted by atomic mass is 9.87. The predicted octanol–water partition coefficient (Wildman–Crippen LogP) is 8.42. The first-order valence-corrected chi connectivity index (χ1v) is 11.5. The van der Waals surface area contributed by atoms with Crippen LogP contribution in [0.4, 0.5) is 0 Å². The van der Waals surface area contributed by atoms with Gasteiger partial charge in [-0.05, 0) is 44.8 Å². The molecule has 0 aliphatic rings. The fourth-order valence-corrected chi connectivity index (χ4v) is 5.30. The molecule has 2 heteroatoms. The van der Waals surface area contributed by atoms with Gasteiger partial charge in [0.15, 0.2) is 0 Å². The Balaban J connectivity index is 1.70. The van der Waals surface area contributed by atoms with Crippen LogP contribution in [0.5, 0.6) is 0 Å². The summed E-state index contributed by atoms with van der Waals surface area (Å²) in [5.74, 6) is 0. The highest BCUT2D eigenvalue weighted by Crippen LogP contribution is 2.44. The van der Waals surface area contributed by atoms with Gasteiger partial charge in [-0.25, -0.2) is 0 Å². The lowest BCUT2D eigenvalue weighted by Gasteiger charge is -2.18. The Kier molecular flexibility index (Phi) is 4.18. The average Bonchev–Trinajstić information content (AvgIpc) is 2.91. The molecular weight excluding hydrogens is 412 g/mol. The maximum absolute atomic E-state index is 4.95. The molecule has 0 bridgehead atoms. The number of hydrogen-bond donors (Lipinski definition) is 0. The van der Waals surface area contributed by atoms with Gasteiger partial charge in [0.1, 0.15) is 0 Å². The normalized spacial score (nSPS) is 11.5. The van der Waals surface area contributed by atoms with Crippen LogP contribution in [-0.2, 0) is 0 Å². The number of fused-ring (bicyclic) bond motifs is 4. The second-order valence-electron chi connectivity index (χ2n) is 8.60. The van der Waals surface area contributed by atoms with Crippen molar-refractivity contribution < 1.29 is 0 Å². The number of aromatic nitrogens is 2. The van der Waals surface area contributed by atoms with Crippen molar-refractivity contribution in [2.24, 2.45) is 0 Å². The summed E-state index contributed by atoms with van der Waals surface area (Å²) in [6.07, 6.45) is 3.79. The van der Waals surface area contributed by atoms with Gasteiger partial charge < -0.3 is 0 Å². The number of rotatable bonds is 2. The summed E-state index contributed by atoms with van der Waals surface area (Å²) in [6, 6.07) is 38.5. The van der Waals surface area contributed by atoms with Crippen molar-refractivity contribution in [1.82, 2.24) is 9.97 Å². The van der Waals surface area contributed by atoms with E-state index in [0.29, 0.717) is 0 Å². The van der Waals surface area contributed by atoms with Crippen LogP contribution in [0.3, 0.4) is 0 Å². The molecule has 7 aromatic rings. The molecule has 158 valence electrons. The molecule has 0 saturated heterocycles. The van der Waals surface area contributed by atoms with Gasteiger partial charge >= 0.3 is 0 Å². The minimum Gasteiger partial charge on any atom is -0.256 e. The van der Waals surface area contributed by atoms with Gasteiger partial charge in [-0.3, -0.25) is 9.97 Å². The van der Waals surface area contributed by atoms with Crippen LogP contribution >= 0.6 is 0 Å². The molecule has 0 unspecified atom stereocenters. The maximum Gasteiger partial charge on any atom is 0.0794 e. The van der Waals surface area contributed by atoms with Crippen LogP contribution in [0.15, 0.2) is 122 Å². The SMILES string of the molecule is c1ccc2c(-c3c4cccnc4c(-c4cccc5ccccc45)c4cccnc34)cccc2c1. The van der Waals surface area contributed by atoms with Crippen molar-refractivity contribution in [3.05, 3.63) is 122 Å². The van der Waals surface area contributed by atoms with Gasteiger partial charge in [0, 0.05) is 34.3 Å². The van der Waals surface area contributed by atoms with Crippen LogP contribution in [0.2, 0.25) is 0 Å². The molecule has 0 aliphatic carbocycles. The van der Waals surface area contributed by atoms with E-state index >= 15 is 0 Å². The van der Waals surface area contributed by atoms with E-state index in [2.05, 4.69) is 97.1 Å². The standard InChI is InChI=1S/C32H20N2/c1-3-13-23-21(9-1)11-5-15-25(23)29-27-17-7-20-34-32(27)30(28-18-8-19-33-31(28)29)26-16-6-12-22-10-2-4-14-24(22)26/h1-20H. The molecule has 0 atom stereocenters. The number of pyridine rings is 2. The van der Waals surface area contributed by atoms with Gasteiger partial charge in [0.05, 0.1) is 11.0 Å². The Morgan fingerprint density at radius 2 is 0.765 bits per heavy atom. The van der Waals surface area contributed by atoms with Crippen molar-refractivity contribution >= 4 is 43.4 Å². The largest absolute Gasteiger partial charge is 0.256 e. The van der Waals surface area contributed by atoms with Crippen LogP contribution in [0.1, 0.15) is 0 Å². The second kappa shape index (κ2) is 7.50. The van der Waals surface area contributed by atoms with E-state index in [0.717, 1.165) is 32.9 Å². The molecule has 0 amide bonds. The molecule has 2 aromatic heterocycles. The quantitative estimate of drug-likeness (QED) is 0.256. The zero-order valence-corrected chi connectivity index (χ0v) is 18.4. The van der Waals surface area contributed by atoms with E-state index in [4.69, 9.17) is 9.97 Å². The van der Waals surface area contributed by atoms with Crippen LogP contribution in [0, 0.1) is 0 Å². The van der Waals surface area contributed by atoms with Gasteiger partial charge in [0.25, 0.3) is 0 Å². The Morgan fingerprint density at radius 1 is 0.353 bits per heavy atom. The molecule has 0 saturated carbocycles. The number of hydrogen-bond acceptors (Lipinski definition) is 2. The Labute approximate surface area is 197 Å². The first-order valence-electron chi connectivity index (χ1n) is 11.5. The first-order chi connectivity index (χ1) is 16.9. The molecule has 2 nitrogen and oxygen atoms in total. The molecule has 5 aromatic carbocycles. The molecular formula is C32H20N2. The fraction of sp³-hybridized carbons (Fsp3) is 0. The third-order valence-electron chi connectivity index (χ3n) is 6.75. The third kappa shape index (κ3) is 2.76. The van der Waals surface area contributed by atoms with E-state index in [-0.39, 0.29) is 0 Å². The minimum absolute atomic E-state index is 1.00. The highest BCUT2D eigenvalue weighted by molar-refractivity contribution is 6.23. The van der Waals surface area contributed by atoms with Gasteiger partial charge in [-0.1, -0.05) is 97.1 Å². The van der Waals surface area contributed by atoms with Crippen LogP contribution < -0.4 is 0 Å². The Hall–Kier alpha value is -4.56. The third-order valence-corrected chi connectivity index (χ3v) is 6.75. The maximum atomic E-state index is 4.95. The summed E-state index contributed by atoms with van der Waals surface area (Å²) in [6.45, 7) is 0. The second-order valence-corrected chi connectivity index (χ2v) is 8.60. The molecule has 0 N–H and O–H groups in total. The highest BCUT2D eigenvalue weighted by Gasteiger charge is 2.20. The molecule has 34 heavy (non-hydrogen) atoms. The lowest BCUT2D eigenvalue weighted by molar-refractivity contribution is 1.39. The molecule has 2 heterocycles. The van der Waals surface area contributed by atoms with Crippen molar-refractivity contribution in [3.8, 4) is 22.3 Å². The predicted molar refractivity (Wildman–Crippen MR) is 143 cm³/mol. The summed E-state index contributed by atoms with van der Waals surface area (Å²) in [5.41, 5.74) is 6.65. The number of nitrogens with zero attached hydrogens (tertiary/aromatic N) is 2. The van der Waals surface area contributed by atoms with E-state index in [1.165, 1.54) is 32.7 Å². The Bertz CT molecular complexity index is 1660. The fourth-order valence-electron chi connectivity index (χ4n) is 5.30. The van der Waals surface area contributed by atoms with E-state index < -0.39 is 0 Å². The summed E-state index contributed by atoms with van der Waals surface area (Å²) >= 11 is 0. The summed E-state index contributed by atoms with van der Waals surface area (Å²) < 4.78 is 0. The van der Waals surface area contributed by atoms with Crippen molar-refractivity contribution in [2.45, 2.75) is 0 Å². The smallest absolute Gasteiger partial charge is 0.0794 e. The van der Waals surface area contributed by atoms with Crippen LogP contribution in [-0.4, -0.2) is 9.97 Å². The summed E-state index contributed by atoms with van der Waals surface area (Å²) in [5, 5.41) is 7.12.